The summed E-state index contributed by atoms with van der Waals surface area (Å²) in [5.41, 5.74) is 0.924. The van der Waals surface area contributed by atoms with Gasteiger partial charge in [-0.15, -0.1) is 0 Å². The van der Waals surface area contributed by atoms with Crippen molar-refractivity contribution in [1.29, 1.82) is 0 Å². The van der Waals surface area contributed by atoms with Crippen LogP contribution in [0.4, 0.5) is 0 Å². The second-order valence-electron chi connectivity index (χ2n) is 3.22. The Morgan fingerprint density at radius 1 is 1.38 bits per heavy atom. The number of rotatable bonds is 3. The first-order valence-corrected chi connectivity index (χ1v) is 4.58. The molecule has 0 atom stereocenters. The summed E-state index contributed by atoms with van der Waals surface area (Å²) in [6, 6.07) is 7.24. The molecular formula is C11H9NO4. The van der Waals surface area contributed by atoms with Gasteiger partial charge in [-0.3, -0.25) is 0 Å². The van der Waals surface area contributed by atoms with E-state index in [2.05, 4.69) is 4.98 Å². The lowest BCUT2D eigenvalue weighted by Crippen LogP contribution is -1.95. The average Bonchev–Trinajstić information content (AvgIpc) is 2.70. The quantitative estimate of drug-likeness (QED) is 0.858. The molecule has 82 valence electrons. The molecule has 0 saturated carbocycles. The summed E-state index contributed by atoms with van der Waals surface area (Å²) in [7, 11) is 0. The Bertz CT molecular complexity index is 501. The van der Waals surface area contributed by atoms with Crippen molar-refractivity contribution in [2.45, 2.75) is 6.92 Å². The third-order valence-electron chi connectivity index (χ3n) is 1.93. The van der Waals surface area contributed by atoms with E-state index in [1.54, 1.807) is 12.1 Å². The molecule has 0 spiro atoms. The van der Waals surface area contributed by atoms with Crippen molar-refractivity contribution in [3.63, 3.8) is 0 Å². The van der Waals surface area contributed by atoms with Crippen molar-refractivity contribution in [1.82, 2.24) is 4.98 Å². The van der Waals surface area contributed by atoms with Crippen LogP contribution < -0.4 is 4.74 Å². The summed E-state index contributed by atoms with van der Waals surface area (Å²) in [6.45, 7) is 1.96. The molecule has 2 aromatic rings. The fourth-order valence-electron chi connectivity index (χ4n) is 1.11. The number of carboxylic acid groups (broad SMARTS) is 1. The van der Waals surface area contributed by atoms with Gasteiger partial charge in [0.15, 0.2) is 5.69 Å². The summed E-state index contributed by atoms with van der Waals surface area (Å²) >= 11 is 0. The van der Waals surface area contributed by atoms with Crippen molar-refractivity contribution < 1.29 is 19.1 Å². The standard InChI is InChI=1S/C11H9NO4/c1-7-2-4-8(5-3-7)16-11-12-9(6-15-11)10(13)14/h2-6H,1H3,(H,13,14). The smallest absolute Gasteiger partial charge is 0.399 e. The van der Waals surface area contributed by atoms with Gasteiger partial charge in [0, 0.05) is 0 Å². The second-order valence-corrected chi connectivity index (χ2v) is 3.22. The average molecular weight is 219 g/mol. The van der Waals surface area contributed by atoms with Gasteiger partial charge in [-0.1, -0.05) is 17.7 Å². The van der Waals surface area contributed by atoms with Crippen LogP contribution in [0.3, 0.4) is 0 Å². The number of ether oxygens (including phenoxy) is 1. The lowest BCUT2D eigenvalue weighted by Gasteiger charge is -1.99. The summed E-state index contributed by atoms with van der Waals surface area (Å²) < 4.78 is 10.1. The Kier molecular flexibility index (Phi) is 2.59. The lowest BCUT2D eigenvalue weighted by atomic mass is 10.2. The molecule has 0 fully saturated rings. The van der Waals surface area contributed by atoms with Crippen molar-refractivity contribution in [3.8, 4) is 11.8 Å². The first-order chi connectivity index (χ1) is 7.65. The fourth-order valence-corrected chi connectivity index (χ4v) is 1.11. The van der Waals surface area contributed by atoms with E-state index in [0.717, 1.165) is 11.8 Å². The van der Waals surface area contributed by atoms with Crippen molar-refractivity contribution in [2.75, 3.05) is 0 Å². The minimum atomic E-state index is -1.15. The van der Waals surface area contributed by atoms with E-state index in [0.29, 0.717) is 5.75 Å². The number of carbonyl (C=O) groups is 1. The van der Waals surface area contributed by atoms with Crippen LogP contribution in [0.5, 0.6) is 11.8 Å². The Morgan fingerprint density at radius 2 is 2.06 bits per heavy atom. The van der Waals surface area contributed by atoms with E-state index < -0.39 is 5.97 Å². The van der Waals surface area contributed by atoms with E-state index in [-0.39, 0.29) is 11.8 Å². The van der Waals surface area contributed by atoms with Gasteiger partial charge in [-0.05, 0) is 19.1 Å². The number of hydrogen-bond donors (Lipinski definition) is 1. The molecule has 0 saturated heterocycles. The van der Waals surface area contributed by atoms with Gasteiger partial charge in [0.1, 0.15) is 12.0 Å². The van der Waals surface area contributed by atoms with Crippen LogP contribution in [0.15, 0.2) is 34.9 Å². The van der Waals surface area contributed by atoms with Gasteiger partial charge in [0.25, 0.3) is 0 Å². The van der Waals surface area contributed by atoms with Gasteiger partial charge < -0.3 is 14.3 Å². The van der Waals surface area contributed by atoms with Crippen LogP contribution in [0.1, 0.15) is 16.1 Å². The molecule has 1 aromatic heterocycles. The molecule has 1 heterocycles. The van der Waals surface area contributed by atoms with Gasteiger partial charge in [-0.25, -0.2) is 4.79 Å². The Balaban J connectivity index is 2.14. The van der Waals surface area contributed by atoms with E-state index in [9.17, 15) is 4.79 Å². The summed E-state index contributed by atoms with van der Waals surface area (Å²) in [6.07, 6.45) is 0.951. The molecule has 2 rings (SSSR count). The number of carboxylic acids is 1. The van der Waals surface area contributed by atoms with Crippen molar-refractivity contribution >= 4 is 5.97 Å². The number of aryl methyl sites for hydroxylation is 1. The third-order valence-corrected chi connectivity index (χ3v) is 1.93. The van der Waals surface area contributed by atoms with Crippen molar-refractivity contribution in [2.24, 2.45) is 0 Å². The van der Waals surface area contributed by atoms with Crippen LogP contribution in [-0.2, 0) is 0 Å². The number of aromatic nitrogens is 1. The Morgan fingerprint density at radius 3 is 2.62 bits per heavy atom. The van der Waals surface area contributed by atoms with Crippen LogP contribution in [-0.4, -0.2) is 16.1 Å². The predicted molar refractivity (Wildman–Crippen MR) is 54.7 cm³/mol. The number of benzene rings is 1. The van der Waals surface area contributed by atoms with E-state index >= 15 is 0 Å². The summed E-state index contributed by atoms with van der Waals surface area (Å²) in [5, 5.41) is 8.62. The molecule has 1 N–H and O–H groups in total. The highest BCUT2D eigenvalue weighted by molar-refractivity contribution is 5.84. The highest BCUT2D eigenvalue weighted by atomic mass is 16.6. The molecule has 0 aliphatic carbocycles. The molecule has 0 unspecified atom stereocenters. The minimum absolute atomic E-state index is 0.0822. The zero-order chi connectivity index (χ0) is 11.5. The Labute approximate surface area is 91.3 Å². The second kappa shape index (κ2) is 4.06. The van der Waals surface area contributed by atoms with E-state index in [1.807, 2.05) is 19.1 Å². The maximum Gasteiger partial charge on any atom is 0.399 e. The lowest BCUT2D eigenvalue weighted by molar-refractivity contribution is 0.0690. The molecule has 5 heteroatoms. The molecule has 0 amide bonds. The van der Waals surface area contributed by atoms with Crippen LogP contribution in [0.25, 0.3) is 0 Å². The highest BCUT2D eigenvalue weighted by Crippen LogP contribution is 2.20. The molecule has 0 aliphatic rings. The Hall–Kier alpha value is -2.30. The van der Waals surface area contributed by atoms with Gasteiger partial charge in [0.05, 0.1) is 0 Å². The maximum atomic E-state index is 10.5. The third kappa shape index (κ3) is 2.20. The zero-order valence-corrected chi connectivity index (χ0v) is 8.51. The molecular weight excluding hydrogens is 210 g/mol. The monoisotopic (exact) mass is 219 g/mol. The zero-order valence-electron chi connectivity index (χ0n) is 8.51. The maximum absolute atomic E-state index is 10.5. The summed E-state index contributed by atoms with van der Waals surface area (Å²) in [4.78, 5) is 14.2. The highest BCUT2D eigenvalue weighted by Gasteiger charge is 2.11. The predicted octanol–water partition coefficient (Wildman–Crippen LogP) is 2.47. The normalized spacial score (nSPS) is 10.1. The molecule has 0 radical (unpaired) electrons. The molecule has 5 nitrogen and oxygen atoms in total. The van der Waals surface area contributed by atoms with Crippen LogP contribution in [0, 0.1) is 6.92 Å². The van der Waals surface area contributed by atoms with Gasteiger partial charge in [0.2, 0.25) is 0 Å². The largest absolute Gasteiger partial charge is 0.476 e. The van der Waals surface area contributed by atoms with Crippen molar-refractivity contribution in [3.05, 3.63) is 41.8 Å². The van der Waals surface area contributed by atoms with Gasteiger partial charge >= 0.3 is 12.0 Å². The number of hydrogen-bond acceptors (Lipinski definition) is 4. The van der Waals surface area contributed by atoms with Crippen LogP contribution >= 0.6 is 0 Å². The van der Waals surface area contributed by atoms with E-state index in [4.69, 9.17) is 14.3 Å². The molecule has 16 heavy (non-hydrogen) atoms. The molecule has 0 bridgehead atoms. The fraction of sp³-hybridized carbons (Fsp3) is 0.0909. The number of aromatic carboxylic acids is 1. The molecule has 1 aromatic carbocycles. The first-order valence-electron chi connectivity index (χ1n) is 4.58. The first kappa shape index (κ1) is 10.2. The van der Waals surface area contributed by atoms with Crippen LogP contribution in [0.2, 0.25) is 0 Å². The molecule has 0 aliphatic heterocycles. The van der Waals surface area contributed by atoms with Gasteiger partial charge in [-0.2, -0.15) is 4.98 Å². The number of oxazole rings is 1. The topological polar surface area (TPSA) is 72.6 Å². The summed E-state index contributed by atoms with van der Waals surface area (Å²) in [5.74, 6) is -0.605. The minimum Gasteiger partial charge on any atom is -0.476 e. The SMILES string of the molecule is Cc1ccc(Oc2nc(C(=O)O)co2)cc1. The van der Waals surface area contributed by atoms with E-state index in [1.165, 1.54) is 0 Å². The number of nitrogens with zero attached hydrogens (tertiary/aromatic N) is 1.